The van der Waals surface area contributed by atoms with Crippen molar-refractivity contribution in [2.24, 2.45) is 5.92 Å². The van der Waals surface area contributed by atoms with E-state index in [2.05, 4.69) is 38.4 Å². The lowest BCUT2D eigenvalue weighted by molar-refractivity contribution is 0.160. The van der Waals surface area contributed by atoms with Gasteiger partial charge in [0.15, 0.2) is 10.4 Å². The molecule has 108 valence electrons. The summed E-state index contributed by atoms with van der Waals surface area (Å²) in [6.45, 7) is 4.41. The summed E-state index contributed by atoms with van der Waals surface area (Å²) in [4.78, 5) is 14.1. The van der Waals surface area contributed by atoms with Crippen LogP contribution in [0.1, 0.15) is 19.4 Å². The van der Waals surface area contributed by atoms with Crippen molar-refractivity contribution in [3.05, 3.63) is 11.1 Å². The standard InChI is InChI=1S/C13H19N5OS/c1-8-6-17(2)5-4-9(8)18-11-10(16-13(18)20)12(19-3)15-7-14-11/h7-9H,4-6H2,1-3H3,(H,16,20). The van der Waals surface area contributed by atoms with Crippen molar-refractivity contribution in [3.63, 3.8) is 0 Å². The molecule has 7 heteroatoms. The van der Waals surface area contributed by atoms with Gasteiger partial charge in [0.2, 0.25) is 5.88 Å². The minimum atomic E-state index is 0.368. The molecular formula is C13H19N5OS. The van der Waals surface area contributed by atoms with Crippen LogP contribution in [0, 0.1) is 10.7 Å². The Kier molecular flexibility index (Phi) is 3.47. The average Bonchev–Trinajstić information content (AvgIpc) is 2.75. The maximum atomic E-state index is 5.49. The van der Waals surface area contributed by atoms with Gasteiger partial charge in [-0.25, -0.2) is 4.98 Å². The molecule has 20 heavy (non-hydrogen) atoms. The molecule has 2 atom stereocenters. The van der Waals surface area contributed by atoms with Crippen LogP contribution in [-0.4, -0.2) is 51.7 Å². The number of piperidine rings is 1. The van der Waals surface area contributed by atoms with Gasteiger partial charge in [-0.05, 0) is 38.1 Å². The monoisotopic (exact) mass is 293 g/mol. The maximum absolute atomic E-state index is 5.49. The Labute approximate surface area is 122 Å². The number of rotatable bonds is 2. The second kappa shape index (κ2) is 5.14. The normalized spacial score (nSPS) is 24.1. The molecule has 0 bridgehead atoms. The van der Waals surface area contributed by atoms with Crippen LogP contribution in [0.5, 0.6) is 5.88 Å². The lowest BCUT2D eigenvalue weighted by Crippen LogP contribution is -2.37. The van der Waals surface area contributed by atoms with E-state index < -0.39 is 0 Å². The largest absolute Gasteiger partial charge is 0.479 e. The smallest absolute Gasteiger partial charge is 0.242 e. The highest BCUT2D eigenvalue weighted by Crippen LogP contribution is 2.31. The fourth-order valence-corrected chi connectivity index (χ4v) is 3.43. The molecule has 0 spiro atoms. The number of imidazole rings is 1. The predicted molar refractivity (Wildman–Crippen MR) is 79.6 cm³/mol. The SMILES string of the molecule is COc1ncnc2c1[nH]c(=S)n2C1CCN(C)CC1C. The van der Waals surface area contributed by atoms with E-state index in [1.807, 2.05) is 0 Å². The van der Waals surface area contributed by atoms with Crippen LogP contribution in [0.25, 0.3) is 11.2 Å². The van der Waals surface area contributed by atoms with Crippen molar-refractivity contribution in [2.45, 2.75) is 19.4 Å². The lowest BCUT2D eigenvalue weighted by atomic mass is 9.94. The number of nitrogens with zero attached hydrogens (tertiary/aromatic N) is 4. The molecule has 3 rings (SSSR count). The number of likely N-dealkylation sites (tertiary alicyclic amines) is 1. The summed E-state index contributed by atoms with van der Waals surface area (Å²) in [5, 5.41) is 0. The van der Waals surface area contributed by atoms with Crippen LogP contribution in [0.4, 0.5) is 0 Å². The molecule has 3 heterocycles. The molecule has 1 saturated heterocycles. The first-order valence-corrected chi connectivity index (χ1v) is 7.20. The molecule has 1 N–H and O–H groups in total. The van der Waals surface area contributed by atoms with E-state index in [0.29, 0.717) is 22.6 Å². The van der Waals surface area contributed by atoms with E-state index in [4.69, 9.17) is 17.0 Å². The molecule has 2 aromatic heterocycles. The Hall–Kier alpha value is -1.47. The van der Waals surface area contributed by atoms with E-state index in [1.54, 1.807) is 7.11 Å². The van der Waals surface area contributed by atoms with Crippen LogP contribution in [0.2, 0.25) is 0 Å². The van der Waals surface area contributed by atoms with Crippen LogP contribution in [0.3, 0.4) is 0 Å². The summed E-state index contributed by atoms with van der Waals surface area (Å²) in [5.41, 5.74) is 1.62. The van der Waals surface area contributed by atoms with Gasteiger partial charge in [0.05, 0.1) is 7.11 Å². The molecule has 0 aromatic carbocycles. The Bertz CT molecular complexity index is 679. The molecule has 0 aliphatic carbocycles. The Morgan fingerprint density at radius 2 is 2.25 bits per heavy atom. The highest BCUT2D eigenvalue weighted by atomic mass is 32.1. The van der Waals surface area contributed by atoms with Crippen molar-refractivity contribution in [2.75, 3.05) is 27.2 Å². The van der Waals surface area contributed by atoms with Crippen molar-refractivity contribution >= 4 is 23.4 Å². The number of fused-ring (bicyclic) bond motifs is 1. The quantitative estimate of drug-likeness (QED) is 0.858. The third-order valence-electron chi connectivity index (χ3n) is 4.06. The van der Waals surface area contributed by atoms with Crippen molar-refractivity contribution < 1.29 is 4.74 Å². The molecular weight excluding hydrogens is 274 g/mol. The molecule has 6 nitrogen and oxygen atoms in total. The highest BCUT2D eigenvalue weighted by molar-refractivity contribution is 7.71. The number of aromatic nitrogens is 4. The van der Waals surface area contributed by atoms with E-state index in [1.165, 1.54) is 6.33 Å². The minimum absolute atomic E-state index is 0.368. The van der Waals surface area contributed by atoms with Gasteiger partial charge in [0.1, 0.15) is 11.8 Å². The second-order valence-corrected chi connectivity index (χ2v) is 5.86. The first kappa shape index (κ1) is 13.5. The van der Waals surface area contributed by atoms with E-state index in [0.717, 1.165) is 30.7 Å². The maximum Gasteiger partial charge on any atom is 0.242 e. The van der Waals surface area contributed by atoms with Gasteiger partial charge in [-0.15, -0.1) is 0 Å². The Balaban J connectivity index is 2.12. The first-order chi connectivity index (χ1) is 9.61. The average molecular weight is 293 g/mol. The zero-order chi connectivity index (χ0) is 14.3. The first-order valence-electron chi connectivity index (χ1n) is 6.79. The van der Waals surface area contributed by atoms with Crippen molar-refractivity contribution in [3.8, 4) is 5.88 Å². The van der Waals surface area contributed by atoms with Gasteiger partial charge < -0.3 is 14.6 Å². The number of aromatic amines is 1. The molecule has 0 saturated carbocycles. The number of H-pyrrole nitrogens is 1. The van der Waals surface area contributed by atoms with Crippen LogP contribution < -0.4 is 4.74 Å². The van der Waals surface area contributed by atoms with Crippen molar-refractivity contribution in [1.82, 2.24) is 24.4 Å². The number of ether oxygens (including phenoxy) is 1. The topological polar surface area (TPSA) is 59.0 Å². The summed E-state index contributed by atoms with van der Waals surface area (Å²) in [5.74, 6) is 1.07. The molecule has 1 aliphatic rings. The third kappa shape index (κ3) is 2.10. The third-order valence-corrected chi connectivity index (χ3v) is 4.36. The van der Waals surface area contributed by atoms with Crippen LogP contribution >= 0.6 is 12.2 Å². The number of hydrogen-bond donors (Lipinski definition) is 1. The summed E-state index contributed by atoms with van der Waals surface area (Å²) < 4.78 is 8.10. The fraction of sp³-hybridized carbons (Fsp3) is 0.615. The summed E-state index contributed by atoms with van der Waals surface area (Å²) in [7, 11) is 3.76. The van der Waals surface area contributed by atoms with Gasteiger partial charge >= 0.3 is 0 Å². The van der Waals surface area contributed by atoms with E-state index in [-0.39, 0.29) is 0 Å². The molecule has 1 aliphatic heterocycles. The summed E-state index contributed by atoms with van der Waals surface area (Å²) >= 11 is 5.49. The Morgan fingerprint density at radius 3 is 2.95 bits per heavy atom. The second-order valence-electron chi connectivity index (χ2n) is 5.48. The molecule has 2 unspecified atom stereocenters. The zero-order valence-corrected chi connectivity index (χ0v) is 12.8. The van der Waals surface area contributed by atoms with Crippen molar-refractivity contribution in [1.29, 1.82) is 0 Å². The number of hydrogen-bond acceptors (Lipinski definition) is 5. The minimum Gasteiger partial charge on any atom is -0.479 e. The molecule has 2 aromatic rings. The van der Waals surface area contributed by atoms with Gasteiger partial charge in [-0.3, -0.25) is 4.57 Å². The molecule has 0 radical (unpaired) electrons. The summed E-state index contributed by atoms with van der Waals surface area (Å²) in [6, 6.07) is 0.368. The lowest BCUT2D eigenvalue weighted by Gasteiger charge is -2.35. The summed E-state index contributed by atoms with van der Waals surface area (Å²) in [6.07, 6.45) is 2.60. The number of nitrogens with one attached hydrogen (secondary N) is 1. The van der Waals surface area contributed by atoms with Gasteiger partial charge in [0, 0.05) is 12.6 Å². The van der Waals surface area contributed by atoms with E-state index >= 15 is 0 Å². The molecule has 1 fully saturated rings. The molecule has 0 amide bonds. The fourth-order valence-electron chi connectivity index (χ4n) is 3.10. The highest BCUT2D eigenvalue weighted by Gasteiger charge is 2.28. The van der Waals surface area contributed by atoms with Crippen LogP contribution in [0.15, 0.2) is 6.33 Å². The van der Waals surface area contributed by atoms with Gasteiger partial charge in [-0.2, -0.15) is 4.98 Å². The predicted octanol–water partition coefficient (Wildman–Crippen LogP) is 2.01. The number of methoxy groups -OCH3 is 1. The van der Waals surface area contributed by atoms with Gasteiger partial charge in [-0.1, -0.05) is 6.92 Å². The van der Waals surface area contributed by atoms with Gasteiger partial charge in [0.25, 0.3) is 0 Å². The van der Waals surface area contributed by atoms with E-state index in [9.17, 15) is 0 Å². The zero-order valence-electron chi connectivity index (χ0n) is 12.0. The Morgan fingerprint density at radius 1 is 1.45 bits per heavy atom. The van der Waals surface area contributed by atoms with Crippen LogP contribution in [-0.2, 0) is 0 Å².